The first kappa shape index (κ1) is 16.5. The summed E-state index contributed by atoms with van der Waals surface area (Å²) >= 11 is 0. The van der Waals surface area contributed by atoms with E-state index in [1.807, 2.05) is 13.8 Å². The van der Waals surface area contributed by atoms with Gasteiger partial charge in [-0.25, -0.2) is 0 Å². The molecule has 0 nitrogen and oxygen atoms in total. The monoisotopic (exact) mass is 146 g/mol. The maximum absolute atomic E-state index is 2.27. The first-order valence-corrected chi connectivity index (χ1v) is 4.06. The summed E-state index contributed by atoms with van der Waals surface area (Å²) in [5, 5.41) is 0. The van der Waals surface area contributed by atoms with E-state index >= 15 is 0 Å². The fourth-order valence-corrected chi connectivity index (χ4v) is 0.750. The van der Waals surface area contributed by atoms with Gasteiger partial charge in [0.1, 0.15) is 0 Å². The van der Waals surface area contributed by atoms with E-state index in [4.69, 9.17) is 0 Å². The predicted octanol–water partition coefficient (Wildman–Crippen LogP) is 4.49. The summed E-state index contributed by atoms with van der Waals surface area (Å²) in [4.78, 5) is 0. The van der Waals surface area contributed by atoms with Crippen LogP contribution in [0.4, 0.5) is 0 Å². The highest BCUT2D eigenvalue weighted by molar-refractivity contribution is 4.58. The molecule has 0 spiro atoms. The lowest BCUT2D eigenvalue weighted by atomic mass is 9.91. The Morgan fingerprint density at radius 2 is 1.30 bits per heavy atom. The summed E-state index contributed by atoms with van der Waals surface area (Å²) in [6.45, 7) is 13.1. The van der Waals surface area contributed by atoms with Crippen molar-refractivity contribution in [2.24, 2.45) is 5.41 Å². The van der Waals surface area contributed by atoms with Gasteiger partial charge in [0.15, 0.2) is 0 Å². The minimum Gasteiger partial charge on any atom is -0.0776 e. The topological polar surface area (TPSA) is 0 Å². The van der Waals surface area contributed by atoms with Gasteiger partial charge in [-0.3, -0.25) is 0 Å². The molecule has 0 saturated heterocycles. The lowest BCUT2D eigenvalue weighted by molar-refractivity contribution is 0.373. The van der Waals surface area contributed by atoms with Gasteiger partial charge in [0.2, 0.25) is 0 Å². The average molecular weight is 146 g/mol. The van der Waals surface area contributed by atoms with Crippen molar-refractivity contribution < 1.29 is 0 Å². The van der Waals surface area contributed by atoms with Gasteiger partial charge in [-0.15, -0.1) is 0 Å². The van der Waals surface area contributed by atoms with E-state index < -0.39 is 0 Å². The molecule has 0 atom stereocenters. The second kappa shape index (κ2) is 9.00. The molecular weight excluding hydrogens is 120 g/mol. The number of hydrogen-bond donors (Lipinski definition) is 0. The summed E-state index contributed by atoms with van der Waals surface area (Å²) in [7, 11) is 0. The van der Waals surface area contributed by atoms with Crippen LogP contribution in [0.1, 0.15) is 61.8 Å². The van der Waals surface area contributed by atoms with Crippen molar-refractivity contribution in [3.8, 4) is 0 Å². The van der Waals surface area contributed by atoms with Gasteiger partial charge in [0, 0.05) is 0 Å². The Balaban J connectivity index is -0.000000149. The SMILES string of the molecule is C.CC.CCCC(C)(C)C. The molecule has 0 amide bonds. The fourth-order valence-electron chi connectivity index (χ4n) is 0.750. The van der Waals surface area contributed by atoms with E-state index in [2.05, 4.69) is 27.7 Å². The summed E-state index contributed by atoms with van der Waals surface area (Å²) in [5.41, 5.74) is 0.550. The quantitative estimate of drug-likeness (QED) is 0.511. The lowest BCUT2D eigenvalue weighted by Crippen LogP contribution is -2.02. The van der Waals surface area contributed by atoms with Crippen molar-refractivity contribution >= 4 is 0 Å². The van der Waals surface area contributed by atoms with Crippen molar-refractivity contribution in [1.82, 2.24) is 0 Å². The fraction of sp³-hybridized carbons (Fsp3) is 1.00. The van der Waals surface area contributed by atoms with Crippen molar-refractivity contribution in [2.45, 2.75) is 61.8 Å². The summed E-state index contributed by atoms with van der Waals surface area (Å²) in [5.74, 6) is 0. The zero-order valence-corrected chi connectivity index (χ0v) is 7.91. The van der Waals surface area contributed by atoms with E-state index in [0.717, 1.165) is 0 Å². The summed E-state index contributed by atoms with van der Waals surface area (Å²) in [6, 6.07) is 0. The van der Waals surface area contributed by atoms with Crippen LogP contribution in [0.25, 0.3) is 0 Å². The van der Waals surface area contributed by atoms with E-state index in [0.29, 0.717) is 5.41 Å². The normalized spacial score (nSPS) is 9.00. The van der Waals surface area contributed by atoms with Crippen LogP contribution in [-0.2, 0) is 0 Å². The Hall–Kier alpha value is 0. The smallest absolute Gasteiger partial charge is 0.0383 e. The predicted molar refractivity (Wildman–Crippen MR) is 52.4 cm³/mol. The first-order valence-electron chi connectivity index (χ1n) is 4.06. The first-order chi connectivity index (χ1) is 4.06. The molecule has 0 radical (unpaired) electrons. The number of hydrogen-bond acceptors (Lipinski definition) is 0. The van der Waals surface area contributed by atoms with Gasteiger partial charge < -0.3 is 0 Å². The molecule has 0 heteroatoms. The molecule has 0 aromatic carbocycles. The average Bonchev–Trinajstić information content (AvgIpc) is 1.69. The second-order valence-electron chi connectivity index (χ2n) is 3.31. The Kier molecular flexibility index (Phi) is 14.9. The van der Waals surface area contributed by atoms with Crippen molar-refractivity contribution in [2.75, 3.05) is 0 Å². The maximum atomic E-state index is 2.27. The van der Waals surface area contributed by atoms with E-state index in [-0.39, 0.29) is 7.43 Å². The van der Waals surface area contributed by atoms with Gasteiger partial charge >= 0.3 is 0 Å². The van der Waals surface area contributed by atoms with E-state index in [9.17, 15) is 0 Å². The van der Waals surface area contributed by atoms with Crippen molar-refractivity contribution in [3.63, 3.8) is 0 Å². The zero-order valence-electron chi connectivity index (χ0n) is 7.91. The third-order valence-corrected chi connectivity index (χ3v) is 1.000. The van der Waals surface area contributed by atoms with Crippen LogP contribution in [0.15, 0.2) is 0 Å². The Morgan fingerprint density at radius 3 is 1.30 bits per heavy atom. The highest BCUT2D eigenvalue weighted by Crippen LogP contribution is 2.19. The molecule has 0 aromatic rings. The molecule has 0 N–H and O–H groups in total. The molecular formula is C10H26. The molecule has 0 aliphatic heterocycles. The van der Waals surface area contributed by atoms with Gasteiger partial charge in [0.25, 0.3) is 0 Å². The van der Waals surface area contributed by atoms with Crippen LogP contribution >= 0.6 is 0 Å². The van der Waals surface area contributed by atoms with Crippen molar-refractivity contribution in [3.05, 3.63) is 0 Å². The van der Waals surface area contributed by atoms with Crippen LogP contribution in [0.2, 0.25) is 0 Å². The standard InChI is InChI=1S/C7H16.C2H6.CH4/c1-5-6-7(2,3)4;1-2;/h5-6H2,1-4H3;1-2H3;1H4. The van der Waals surface area contributed by atoms with E-state index in [1.165, 1.54) is 12.8 Å². The second-order valence-corrected chi connectivity index (χ2v) is 3.31. The molecule has 0 rings (SSSR count). The molecule has 0 saturated carbocycles. The minimum absolute atomic E-state index is 0. The molecule has 0 aliphatic rings. The third kappa shape index (κ3) is 24.5. The molecule has 66 valence electrons. The Bertz CT molecular complexity index is 38.5. The molecule has 0 unspecified atom stereocenters. The van der Waals surface area contributed by atoms with Crippen LogP contribution < -0.4 is 0 Å². The van der Waals surface area contributed by atoms with Gasteiger partial charge in [0.05, 0.1) is 0 Å². The minimum atomic E-state index is 0. The summed E-state index contributed by atoms with van der Waals surface area (Å²) in [6.07, 6.45) is 2.65. The molecule has 0 aromatic heterocycles. The maximum Gasteiger partial charge on any atom is -0.0383 e. The van der Waals surface area contributed by atoms with Crippen LogP contribution in [0.3, 0.4) is 0 Å². The Morgan fingerprint density at radius 1 is 1.00 bits per heavy atom. The van der Waals surface area contributed by atoms with E-state index in [1.54, 1.807) is 0 Å². The van der Waals surface area contributed by atoms with Gasteiger partial charge in [-0.1, -0.05) is 55.4 Å². The molecule has 0 heterocycles. The highest BCUT2D eigenvalue weighted by Gasteiger charge is 2.06. The molecule has 10 heavy (non-hydrogen) atoms. The van der Waals surface area contributed by atoms with Crippen LogP contribution in [0.5, 0.6) is 0 Å². The van der Waals surface area contributed by atoms with Gasteiger partial charge in [-0.05, 0) is 11.8 Å². The molecule has 0 aliphatic carbocycles. The largest absolute Gasteiger partial charge is 0.0776 e. The zero-order chi connectivity index (χ0) is 7.91. The number of rotatable bonds is 1. The molecule has 0 fully saturated rings. The highest BCUT2D eigenvalue weighted by atomic mass is 14.1. The van der Waals surface area contributed by atoms with Gasteiger partial charge in [-0.2, -0.15) is 0 Å². The van der Waals surface area contributed by atoms with Crippen molar-refractivity contribution in [1.29, 1.82) is 0 Å². The molecule has 0 bridgehead atoms. The lowest BCUT2D eigenvalue weighted by Gasteiger charge is -2.15. The third-order valence-electron chi connectivity index (χ3n) is 1.000. The summed E-state index contributed by atoms with van der Waals surface area (Å²) < 4.78 is 0. The van der Waals surface area contributed by atoms with Crippen LogP contribution in [0, 0.1) is 5.41 Å². The van der Waals surface area contributed by atoms with Crippen LogP contribution in [-0.4, -0.2) is 0 Å². The Labute approximate surface area is 68.0 Å².